The topological polar surface area (TPSA) is 59.8 Å². The third-order valence-electron chi connectivity index (χ3n) is 5.71. The second-order valence-electron chi connectivity index (χ2n) is 7.42. The third kappa shape index (κ3) is 3.61. The zero-order chi connectivity index (χ0) is 19.6. The highest BCUT2D eigenvalue weighted by atomic mass is 79.9. The normalized spacial score (nSPS) is 16.6. The molecule has 3 aromatic rings. The van der Waals surface area contributed by atoms with Gasteiger partial charge < -0.3 is 5.32 Å². The van der Waals surface area contributed by atoms with Gasteiger partial charge in [0.1, 0.15) is 12.7 Å². The molecule has 4 rings (SSSR count). The average Bonchev–Trinajstić information content (AvgIpc) is 3.41. The number of aromatic nitrogens is 3. The molecule has 1 fully saturated rings. The van der Waals surface area contributed by atoms with Crippen LogP contribution in [-0.4, -0.2) is 20.7 Å². The molecule has 1 N–H and O–H groups in total. The molecule has 1 atom stereocenters. The molecule has 6 heteroatoms. The first-order valence-electron chi connectivity index (χ1n) is 9.60. The Hall–Kier alpha value is -2.47. The van der Waals surface area contributed by atoms with Gasteiger partial charge in [0.25, 0.3) is 0 Å². The molecule has 1 heterocycles. The molecule has 0 aliphatic heterocycles. The van der Waals surface area contributed by atoms with Crippen LogP contribution in [0.2, 0.25) is 0 Å². The number of hydrogen-bond donors (Lipinski definition) is 1. The minimum absolute atomic E-state index is 0.0646. The summed E-state index contributed by atoms with van der Waals surface area (Å²) >= 11 is 3.49. The summed E-state index contributed by atoms with van der Waals surface area (Å²) < 4.78 is 2.75. The number of rotatable bonds is 5. The Morgan fingerprint density at radius 2 is 1.79 bits per heavy atom. The highest BCUT2D eigenvalue weighted by Crippen LogP contribution is 2.42. The largest absolute Gasteiger partial charge is 0.349 e. The quantitative estimate of drug-likeness (QED) is 0.626. The van der Waals surface area contributed by atoms with E-state index >= 15 is 0 Å². The van der Waals surface area contributed by atoms with E-state index in [1.54, 1.807) is 11.0 Å². The Bertz CT molecular complexity index is 930. The maximum atomic E-state index is 13.3. The fourth-order valence-corrected chi connectivity index (χ4v) is 4.33. The molecule has 1 saturated carbocycles. The summed E-state index contributed by atoms with van der Waals surface area (Å²) in [6.07, 6.45) is 7.16. The molecule has 0 spiro atoms. The van der Waals surface area contributed by atoms with E-state index < -0.39 is 5.41 Å². The summed E-state index contributed by atoms with van der Waals surface area (Å²) in [6, 6.07) is 16.2. The lowest BCUT2D eigenvalue weighted by Gasteiger charge is -2.30. The highest BCUT2D eigenvalue weighted by molar-refractivity contribution is 9.10. The molecule has 1 aliphatic rings. The van der Waals surface area contributed by atoms with Crippen molar-refractivity contribution in [3.05, 3.63) is 76.8 Å². The zero-order valence-electron chi connectivity index (χ0n) is 15.8. The summed E-state index contributed by atoms with van der Waals surface area (Å²) in [5.41, 5.74) is 2.71. The van der Waals surface area contributed by atoms with Gasteiger partial charge in [-0.15, -0.1) is 0 Å². The van der Waals surface area contributed by atoms with Gasteiger partial charge in [-0.05, 0) is 55.2 Å². The van der Waals surface area contributed by atoms with Gasteiger partial charge in [-0.25, -0.2) is 9.67 Å². The molecule has 0 radical (unpaired) electrons. The van der Waals surface area contributed by atoms with Crippen LogP contribution in [0.1, 0.15) is 49.8 Å². The van der Waals surface area contributed by atoms with Crippen molar-refractivity contribution in [3.8, 4) is 5.69 Å². The number of carbonyl (C=O) groups excluding carboxylic acids is 1. The van der Waals surface area contributed by atoms with Gasteiger partial charge in [0.2, 0.25) is 5.91 Å². The van der Waals surface area contributed by atoms with Crippen molar-refractivity contribution < 1.29 is 4.79 Å². The molecule has 1 aromatic heterocycles. The first kappa shape index (κ1) is 18.9. The molecule has 1 amide bonds. The van der Waals surface area contributed by atoms with Gasteiger partial charge in [0, 0.05) is 4.47 Å². The van der Waals surface area contributed by atoms with E-state index in [1.165, 1.54) is 6.33 Å². The lowest BCUT2D eigenvalue weighted by molar-refractivity contribution is -0.127. The van der Waals surface area contributed by atoms with Gasteiger partial charge in [0.05, 0.1) is 17.1 Å². The van der Waals surface area contributed by atoms with E-state index in [4.69, 9.17) is 0 Å². The molecule has 0 saturated heterocycles. The van der Waals surface area contributed by atoms with E-state index in [0.717, 1.165) is 47.0 Å². The standard InChI is InChI=1S/C22H23BrN4O/c1-16(17-4-10-20(11-5-17)27-15-24-14-25-27)26-21(28)22(12-2-3-13-22)18-6-8-19(23)9-7-18/h4-11,14-16H,2-3,12-13H2,1H3,(H,26,28)/t16-/m1/s1. The molecule has 0 bridgehead atoms. The van der Waals surface area contributed by atoms with Crippen molar-refractivity contribution in [1.29, 1.82) is 0 Å². The number of nitrogens with one attached hydrogen (secondary N) is 1. The maximum Gasteiger partial charge on any atom is 0.231 e. The van der Waals surface area contributed by atoms with Gasteiger partial charge in [-0.2, -0.15) is 5.10 Å². The van der Waals surface area contributed by atoms with Gasteiger partial charge in [0.15, 0.2) is 0 Å². The average molecular weight is 439 g/mol. The first-order valence-corrected chi connectivity index (χ1v) is 10.4. The molecule has 5 nitrogen and oxygen atoms in total. The molecule has 0 unspecified atom stereocenters. The second-order valence-corrected chi connectivity index (χ2v) is 8.34. The van der Waals surface area contributed by atoms with E-state index in [-0.39, 0.29) is 11.9 Å². The Balaban J connectivity index is 1.52. The summed E-state index contributed by atoms with van der Waals surface area (Å²) in [7, 11) is 0. The smallest absolute Gasteiger partial charge is 0.231 e. The van der Waals surface area contributed by atoms with Gasteiger partial charge >= 0.3 is 0 Å². The van der Waals surface area contributed by atoms with Crippen LogP contribution >= 0.6 is 15.9 Å². The third-order valence-corrected chi connectivity index (χ3v) is 6.24. The van der Waals surface area contributed by atoms with Crippen LogP contribution < -0.4 is 5.32 Å². The van der Waals surface area contributed by atoms with Gasteiger partial charge in [-0.1, -0.05) is 53.0 Å². The number of amides is 1. The predicted octanol–water partition coefficient (Wildman–Crippen LogP) is 4.72. The van der Waals surface area contributed by atoms with Crippen LogP contribution in [0.3, 0.4) is 0 Å². The zero-order valence-corrected chi connectivity index (χ0v) is 17.4. The van der Waals surface area contributed by atoms with Crippen molar-refractivity contribution in [2.45, 2.75) is 44.1 Å². The Morgan fingerprint density at radius 1 is 1.11 bits per heavy atom. The van der Waals surface area contributed by atoms with Crippen molar-refractivity contribution in [1.82, 2.24) is 20.1 Å². The van der Waals surface area contributed by atoms with E-state index in [2.05, 4.69) is 43.5 Å². The Morgan fingerprint density at radius 3 is 2.39 bits per heavy atom. The van der Waals surface area contributed by atoms with Crippen molar-refractivity contribution in [2.24, 2.45) is 0 Å². The van der Waals surface area contributed by atoms with Crippen LogP contribution in [0.5, 0.6) is 0 Å². The molecular weight excluding hydrogens is 416 g/mol. The monoisotopic (exact) mass is 438 g/mol. The molecule has 1 aliphatic carbocycles. The molecule has 2 aromatic carbocycles. The van der Waals surface area contributed by atoms with Crippen LogP contribution in [0.15, 0.2) is 65.7 Å². The molecule has 144 valence electrons. The number of halogens is 1. The summed E-state index contributed by atoms with van der Waals surface area (Å²) in [5.74, 6) is 0.125. The predicted molar refractivity (Wildman–Crippen MR) is 112 cm³/mol. The molecular formula is C22H23BrN4O. The van der Waals surface area contributed by atoms with Crippen LogP contribution in [0.25, 0.3) is 5.69 Å². The lowest BCUT2D eigenvalue weighted by Crippen LogP contribution is -2.43. The fourth-order valence-electron chi connectivity index (χ4n) is 4.07. The molecule has 28 heavy (non-hydrogen) atoms. The number of nitrogens with zero attached hydrogens (tertiary/aromatic N) is 3. The minimum Gasteiger partial charge on any atom is -0.349 e. The summed E-state index contributed by atoms with van der Waals surface area (Å²) in [4.78, 5) is 17.3. The minimum atomic E-state index is -0.421. The number of benzene rings is 2. The SMILES string of the molecule is C[C@@H](NC(=O)C1(c2ccc(Br)cc2)CCCC1)c1ccc(-n2cncn2)cc1. The lowest BCUT2D eigenvalue weighted by atomic mass is 9.77. The maximum absolute atomic E-state index is 13.3. The van der Waals surface area contributed by atoms with E-state index in [9.17, 15) is 4.79 Å². The van der Waals surface area contributed by atoms with Gasteiger partial charge in [-0.3, -0.25) is 4.79 Å². The number of carbonyl (C=O) groups is 1. The van der Waals surface area contributed by atoms with E-state index in [1.807, 2.05) is 43.3 Å². The fraction of sp³-hybridized carbons (Fsp3) is 0.318. The first-order chi connectivity index (χ1) is 13.6. The Labute approximate surface area is 173 Å². The Kier molecular flexibility index (Phi) is 5.31. The van der Waals surface area contributed by atoms with Crippen LogP contribution in [0, 0.1) is 0 Å². The van der Waals surface area contributed by atoms with Crippen LogP contribution in [0.4, 0.5) is 0 Å². The number of hydrogen-bond acceptors (Lipinski definition) is 3. The van der Waals surface area contributed by atoms with Crippen LogP contribution in [-0.2, 0) is 10.2 Å². The van der Waals surface area contributed by atoms with Crippen molar-refractivity contribution in [3.63, 3.8) is 0 Å². The highest BCUT2D eigenvalue weighted by Gasteiger charge is 2.43. The summed E-state index contributed by atoms with van der Waals surface area (Å²) in [6.45, 7) is 2.03. The van der Waals surface area contributed by atoms with Crippen molar-refractivity contribution >= 4 is 21.8 Å². The second kappa shape index (κ2) is 7.87. The summed E-state index contributed by atoms with van der Waals surface area (Å²) in [5, 5.41) is 7.40. The van der Waals surface area contributed by atoms with Crippen molar-refractivity contribution in [2.75, 3.05) is 0 Å². The van der Waals surface area contributed by atoms with E-state index in [0.29, 0.717) is 0 Å².